The summed E-state index contributed by atoms with van der Waals surface area (Å²) in [6.45, 7) is 2.08. The van der Waals surface area contributed by atoms with Crippen LogP contribution in [0.4, 0.5) is 5.69 Å². The average Bonchev–Trinajstić information content (AvgIpc) is 2.47. The van der Waals surface area contributed by atoms with Crippen LogP contribution in [0, 0.1) is 5.92 Å². The van der Waals surface area contributed by atoms with Crippen molar-refractivity contribution in [3.05, 3.63) is 18.5 Å². The third kappa shape index (κ3) is 3.70. The van der Waals surface area contributed by atoms with Crippen molar-refractivity contribution in [2.24, 2.45) is 11.8 Å². The maximum absolute atomic E-state index is 12.7. The first-order valence-corrected chi connectivity index (χ1v) is 8.44. The molecule has 0 spiro atoms. The minimum absolute atomic E-state index is 0.138. The zero-order valence-corrected chi connectivity index (χ0v) is 13.3. The van der Waals surface area contributed by atoms with Crippen molar-refractivity contribution in [3.8, 4) is 0 Å². The first-order valence-electron chi connectivity index (χ1n) is 7.00. The summed E-state index contributed by atoms with van der Waals surface area (Å²) in [7, 11) is 0.537. The van der Waals surface area contributed by atoms with Gasteiger partial charge in [0.05, 0.1) is 5.69 Å². The Bertz CT molecular complexity index is 568. The van der Waals surface area contributed by atoms with Gasteiger partial charge >= 0.3 is 0 Å². The van der Waals surface area contributed by atoms with E-state index in [1.807, 2.05) is 14.1 Å². The topological polar surface area (TPSA) is 91.6 Å². The highest BCUT2D eigenvalue weighted by atomic mass is 32.2. The first kappa shape index (κ1) is 16.2. The van der Waals surface area contributed by atoms with Gasteiger partial charge < -0.3 is 10.3 Å². The summed E-state index contributed by atoms with van der Waals surface area (Å²) in [5.41, 5.74) is 2.80. The number of nitrogens with zero attached hydrogens (tertiary/aromatic N) is 3. The van der Waals surface area contributed by atoms with E-state index >= 15 is 0 Å². The van der Waals surface area contributed by atoms with Gasteiger partial charge in [0.25, 0.3) is 0 Å². The number of nitrogens with two attached hydrogens (primary N) is 1. The lowest BCUT2D eigenvalue weighted by atomic mass is 9.98. The molecule has 1 fully saturated rings. The zero-order chi connectivity index (χ0) is 15.5. The summed E-state index contributed by atoms with van der Waals surface area (Å²) in [5.74, 6) is 5.94. The molecule has 0 atom stereocenters. The van der Waals surface area contributed by atoms with Gasteiger partial charge in [-0.2, -0.15) is 4.31 Å². The fourth-order valence-electron chi connectivity index (χ4n) is 2.69. The molecule has 1 saturated heterocycles. The fourth-order valence-corrected chi connectivity index (χ4v) is 4.26. The Labute approximate surface area is 126 Å². The molecule has 0 radical (unpaired) electrons. The Hall–Kier alpha value is -1.22. The van der Waals surface area contributed by atoms with E-state index in [1.165, 1.54) is 16.7 Å². The predicted octanol–water partition coefficient (Wildman–Crippen LogP) is 0.330. The average molecular weight is 313 g/mol. The second-order valence-electron chi connectivity index (χ2n) is 5.63. The monoisotopic (exact) mass is 313 g/mol. The molecule has 2 rings (SSSR count). The van der Waals surface area contributed by atoms with Crippen molar-refractivity contribution < 1.29 is 8.42 Å². The minimum atomic E-state index is -3.54. The largest absolute Gasteiger partial charge is 0.323 e. The van der Waals surface area contributed by atoms with E-state index in [-0.39, 0.29) is 4.90 Å². The fraction of sp³-hybridized carbons (Fsp3) is 0.615. The Balaban J connectivity index is 2.11. The van der Waals surface area contributed by atoms with Crippen molar-refractivity contribution in [2.75, 3.05) is 39.2 Å². The maximum atomic E-state index is 12.7. The molecule has 8 heteroatoms. The Morgan fingerprint density at radius 1 is 1.43 bits per heavy atom. The van der Waals surface area contributed by atoms with Crippen LogP contribution in [0.25, 0.3) is 0 Å². The Kier molecular flexibility index (Phi) is 5.15. The van der Waals surface area contributed by atoms with Crippen LogP contribution in [0.5, 0.6) is 0 Å². The molecule has 0 aromatic carbocycles. The quantitative estimate of drug-likeness (QED) is 0.601. The highest BCUT2D eigenvalue weighted by molar-refractivity contribution is 7.89. The molecule has 0 unspecified atom stereocenters. The van der Waals surface area contributed by atoms with E-state index in [2.05, 4.69) is 15.3 Å². The molecule has 0 amide bonds. The Morgan fingerprint density at radius 2 is 2.10 bits per heavy atom. The van der Waals surface area contributed by atoms with Crippen LogP contribution in [0.3, 0.4) is 0 Å². The SMILES string of the molecule is CN(C)CC1CCN(S(=O)(=O)c2cnccc2NN)CC1. The van der Waals surface area contributed by atoms with Crippen LogP contribution in [-0.2, 0) is 10.0 Å². The van der Waals surface area contributed by atoms with Crippen LogP contribution in [0.2, 0.25) is 0 Å². The number of pyridine rings is 1. The van der Waals surface area contributed by atoms with Gasteiger partial charge in [0.2, 0.25) is 10.0 Å². The second kappa shape index (κ2) is 6.69. The molecule has 21 heavy (non-hydrogen) atoms. The number of hydrazine groups is 1. The highest BCUT2D eigenvalue weighted by Gasteiger charge is 2.31. The first-order chi connectivity index (χ1) is 9.95. The number of anilines is 1. The summed E-state index contributed by atoms with van der Waals surface area (Å²) < 4.78 is 26.9. The van der Waals surface area contributed by atoms with Crippen molar-refractivity contribution in [1.29, 1.82) is 0 Å². The van der Waals surface area contributed by atoms with Crippen LogP contribution in [0.15, 0.2) is 23.4 Å². The third-order valence-corrected chi connectivity index (χ3v) is 5.68. The summed E-state index contributed by atoms with van der Waals surface area (Å²) >= 11 is 0. The lowest BCUT2D eigenvalue weighted by Gasteiger charge is -2.32. The van der Waals surface area contributed by atoms with E-state index in [0.29, 0.717) is 24.7 Å². The van der Waals surface area contributed by atoms with Crippen LogP contribution >= 0.6 is 0 Å². The number of sulfonamides is 1. The molecule has 0 bridgehead atoms. The molecular formula is C13H23N5O2S. The number of hydrogen-bond acceptors (Lipinski definition) is 6. The van der Waals surface area contributed by atoms with Gasteiger partial charge in [-0.15, -0.1) is 0 Å². The van der Waals surface area contributed by atoms with Gasteiger partial charge in [0.15, 0.2) is 0 Å². The van der Waals surface area contributed by atoms with Gasteiger partial charge in [-0.3, -0.25) is 10.8 Å². The van der Waals surface area contributed by atoms with Crippen molar-refractivity contribution in [1.82, 2.24) is 14.2 Å². The number of hydrogen-bond donors (Lipinski definition) is 2. The van der Waals surface area contributed by atoms with Gasteiger partial charge in [0, 0.05) is 32.0 Å². The third-order valence-electron chi connectivity index (χ3n) is 3.75. The summed E-state index contributed by atoms with van der Waals surface area (Å²) in [6.07, 6.45) is 4.61. The molecule has 1 aromatic rings. The Morgan fingerprint density at radius 3 is 2.67 bits per heavy atom. The molecule has 1 aliphatic rings. The maximum Gasteiger partial charge on any atom is 0.246 e. The lowest BCUT2D eigenvalue weighted by molar-refractivity contribution is 0.225. The molecule has 118 valence electrons. The van der Waals surface area contributed by atoms with Gasteiger partial charge in [-0.25, -0.2) is 8.42 Å². The molecule has 0 aliphatic carbocycles. The van der Waals surface area contributed by atoms with Crippen LogP contribution < -0.4 is 11.3 Å². The van der Waals surface area contributed by atoms with E-state index in [1.54, 1.807) is 6.07 Å². The molecule has 3 N–H and O–H groups in total. The van der Waals surface area contributed by atoms with Gasteiger partial charge in [0.1, 0.15) is 4.90 Å². The second-order valence-corrected chi connectivity index (χ2v) is 7.53. The number of nitrogens with one attached hydrogen (secondary N) is 1. The van der Waals surface area contributed by atoms with Crippen LogP contribution in [0.1, 0.15) is 12.8 Å². The molecular weight excluding hydrogens is 290 g/mol. The highest BCUT2D eigenvalue weighted by Crippen LogP contribution is 2.27. The number of nitrogen functional groups attached to an aromatic ring is 1. The molecule has 1 aromatic heterocycles. The van der Waals surface area contributed by atoms with E-state index < -0.39 is 10.0 Å². The van der Waals surface area contributed by atoms with Gasteiger partial charge in [-0.1, -0.05) is 0 Å². The molecule has 2 heterocycles. The molecule has 7 nitrogen and oxygen atoms in total. The number of rotatable bonds is 5. The number of aromatic nitrogens is 1. The molecule has 0 saturated carbocycles. The van der Waals surface area contributed by atoms with Crippen molar-refractivity contribution in [2.45, 2.75) is 17.7 Å². The van der Waals surface area contributed by atoms with E-state index in [4.69, 9.17) is 5.84 Å². The lowest BCUT2D eigenvalue weighted by Crippen LogP contribution is -2.40. The summed E-state index contributed by atoms with van der Waals surface area (Å²) in [4.78, 5) is 6.18. The van der Waals surface area contributed by atoms with Crippen molar-refractivity contribution >= 4 is 15.7 Å². The smallest absolute Gasteiger partial charge is 0.246 e. The molecule has 1 aliphatic heterocycles. The predicted molar refractivity (Wildman–Crippen MR) is 82.1 cm³/mol. The minimum Gasteiger partial charge on any atom is -0.323 e. The van der Waals surface area contributed by atoms with E-state index in [0.717, 1.165) is 19.4 Å². The van der Waals surface area contributed by atoms with Gasteiger partial charge in [-0.05, 0) is 38.9 Å². The van der Waals surface area contributed by atoms with Crippen LogP contribution in [-0.4, -0.2) is 56.3 Å². The number of piperidine rings is 1. The summed E-state index contributed by atoms with van der Waals surface area (Å²) in [5, 5.41) is 0. The van der Waals surface area contributed by atoms with E-state index in [9.17, 15) is 8.42 Å². The normalized spacial score (nSPS) is 18.1. The standard InChI is InChI=1S/C13H23N5O2S/c1-17(2)10-11-4-7-18(8-5-11)21(19,20)13-9-15-6-3-12(13)16-14/h3,6,9,11H,4-5,7-8,10,14H2,1-2H3,(H,15,16). The summed E-state index contributed by atoms with van der Waals surface area (Å²) in [6, 6.07) is 1.56. The zero-order valence-electron chi connectivity index (χ0n) is 12.5. The van der Waals surface area contributed by atoms with Crippen molar-refractivity contribution in [3.63, 3.8) is 0 Å².